The lowest BCUT2D eigenvalue weighted by atomic mass is 9.93. The van der Waals surface area contributed by atoms with E-state index >= 15 is 0 Å². The molecule has 1 aliphatic rings. The molecule has 6 heteroatoms. The molecule has 124 valence electrons. The summed E-state index contributed by atoms with van der Waals surface area (Å²) in [5.41, 5.74) is 0.816. The van der Waals surface area contributed by atoms with Crippen molar-refractivity contribution in [2.45, 2.75) is 57.8 Å². The predicted octanol–water partition coefficient (Wildman–Crippen LogP) is 3.45. The zero-order valence-corrected chi connectivity index (χ0v) is 14.2. The average molecular weight is 336 g/mol. The van der Waals surface area contributed by atoms with Crippen LogP contribution in [-0.4, -0.2) is 33.5 Å². The van der Waals surface area contributed by atoms with Crippen molar-refractivity contribution in [3.05, 3.63) is 35.4 Å². The molecule has 0 aliphatic heterocycles. The van der Waals surface area contributed by atoms with Gasteiger partial charge in [0.15, 0.2) is 0 Å². The van der Waals surface area contributed by atoms with Crippen molar-refractivity contribution in [3.8, 4) is 0 Å². The molecule has 2 aromatic rings. The fourth-order valence-electron chi connectivity index (χ4n) is 3.12. The van der Waals surface area contributed by atoms with E-state index in [0.29, 0.717) is 17.0 Å². The van der Waals surface area contributed by atoms with Crippen LogP contribution in [0.4, 0.5) is 0 Å². The van der Waals surface area contributed by atoms with Crippen LogP contribution in [0.15, 0.2) is 24.5 Å². The molecule has 1 N–H and O–H groups in total. The van der Waals surface area contributed by atoms with Gasteiger partial charge in [-0.15, -0.1) is 0 Å². The molecule has 0 radical (unpaired) electrons. The zero-order valence-electron chi connectivity index (χ0n) is 13.5. The number of amides is 1. The molecule has 5 nitrogen and oxygen atoms in total. The molecule has 0 spiro atoms. The minimum atomic E-state index is -0.138. The molecule has 1 fully saturated rings. The van der Waals surface area contributed by atoms with Gasteiger partial charge < -0.3 is 10.1 Å². The van der Waals surface area contributed by atoms with Gasteiger partial charge in [-0.2, -0.15) is 0 Å². The highest BCUT2D eigenvalue weighted by Gasteiger charge is 2.25. The summed E-state index contributed by atoms with van der Waals surface area (Å²) < 4.78 is 7.60. The van der Waals surface area contributed by atoms with Gasteiger partial charge in [-0.05, 0) is 51.7 Å². The van der Waals surface area contributed by atoms with E-state index in [-0.39, 0.29) is 18.1 Å². The summed E-state index contributed by atoms with van der Waals surface area (Å²) in [4.78, 5) is 16.7. The normalized spacial score (nSPS) is 21.7. The Morgan fingerprint density at radius 2 is 2.13 bits per heavy atom. The summed E-state index contributed by atoms with van der Waals surface area (Å²) in [5, 5.41) is 3.72. The van der Waals surface area contributed by atoms with E-state index in [1.807, 2.05) is 0 Å². The van der Waals surface area contributed by atoms with Gasteiger partial charge in [0.25, 0.3) is 5.91 Å². The number of rotatable bonds is 4. The number of fused-ring (bicyclic) bond motifs is 1. The molecule has 1 amide bonds. The molecule has 2 aromatic heterocycles. The summed E-state index contributed by atoms with van der Waals surface area (Å²) in [7, 11) is 0. The largest absolute Gasteiger partial charge is 0.376 e. The van der Waals surface area contributed by atoms with Crippen LogP contribution < -0.4 is 5.32 Å². The third-order valence-electron chi connectivity index (χ3n) is 4.17. The number of hydrogen-bond acceptors (Lipinski definition) is 3. The third-order valence-corrected chi connectivity index (χ3v) is 4.41. The highest BCUT2D eigenvalue weighted by Crippen LogP contribution is 2.22. The lowest BCUT2D eigenvalue weighted by molar-refractivity contribution is -0.0159. The van der Waals surface area contributed by atoms with Crippen molar-refractivity contribution in [1.29, 1.82) is 0 Å². The Morgan fingerprint density at radius 3 is 2.83 bits per heavy atom. The Bertz CT molecular complexity index is 690. The third kappa shape index (κ3) is 3.85. The summed E-state index contributed by atoms with van der Waals surface area (Å²) in [6, 6.07) is 3.73. The molecule has 3 rings (SSSR count). The fraction of sp³-hybridized carbons (Fsp3) is 0.529. The number of nitrogens with zero attached hydrogens (tertiary/aromatic N) is 2. The van der Waals surface area contributed by atoms with Crippen molar-refractivity contribution in [2.24, 2.45) is 0 Å². The molecular formula is C17H22ClN3O2. The number of carbonyl (C=O) groups excluding carboxylic acids is 1. The Balaban J connectivity index is 1.61. The SMILES string of the molecule is CC(C)OC1CCC(NC(=O)c2ncc3cc(Cl)ccn23)CC1. The van der Waals surface area contributed by atoms with Crippen molar-refractivity contribution < 1.29 is 9.53 Å². The highest BCUT2D eigenvalue weighted by atomic mass is 35.5. The maximum Gasteiger partial charge on any atom is 0.287 e. The van der Waals surface area contributed by atoms with Gasteiger partial charge in [0, 0.05) is 17.3 Å². The monoisotopic (exact) mass is 335 g/mol. The van der Waals surface area contributed by atoms with Crippen molar-refractivity contribution >= 4 is 23.0 Å². The smallest absolute Gasteiger partial charge is 0.287 e. The number of carbonyl (C=O) groups is 1. The number of pyridine rings is 1. The van der Waals surface area contributed by atoms with E-state index in [2.05, 4.69) is 24.1 Å². The summed E-state index contributed by atoms with van der Waals surface area (Å²) in [6.07, 6.45) is 7.87. The average Bonchev–Trinajstić information content (AvgIpc) is 2.91. The molecule has 2 heterocycles. The highest BCUT2D eigenvalue weighted by molar-refractivity contribution is 6.30. The lowest BCUT2D eigenvalue weighted by Gasteiger charge is -2.30. The van der Waals surface area contributed by atoms with Gasteiger partial charge in [-0.1, -0.05) is 11.6 Å². The van der Waals surface area contributed by atoms with Crippen LogP contribution in [0.1, 0.15) is 50.1 Å². The van der Waals surface area contributed by atoms with Crippen molar-refractivity contribution in [2.75, 3.05) is 0 Å². The maximum atomic E-state index is 12.5. The molecule has 1 aliphatic carbocycles. The van der Waals surface area contributed by atoms with Gasteiger partial charge in [0.05, 0.1) is 23.9 Å². The van der Waals surface area contributed by atoms with E-state index in [1.165, 1.54) is 0 Å². The van der Waals surface area contributed by atoms with E-state index in [4.69, 9.17) is 16.3 Å². The van der Waals surface area contributed by atoms with Crippen LogP contribution in [0.2, 0.25) is 5.02 Å². The van der Waals surface area contributed by atoms with Gasteiger partial charge >= 0.3 is 0 Å². The van der Waals surface area contributed by atoms with Gasteiger partial charge in [0.2, 0.25) is 5.82 Å². The van der Waals surface area contributed by atoms with Crippen LogP contribution >= 0.6 is 11.6 Å². The predicted molar refractivity (Wildman–Crippen MR) is 89.9 cm³/mol. The van der Waals surface area contributed by atoms with Crippen molar-refractivity contribution in [1.82, 2.24) is 14.7 Å². The quantitative estimate of drug-likeness (QED) is 0.931. The summed E-state index contributed by atoms with van der Waals surface area (Å²) >= 11 is 5.96. The topological polar surface area (TPSA) is 55.6 Å². The molecule has 0 saturated heterocycles. The second-order valence-corrected chi connectivity index (χ2v) is 6.79. The van der Waals surface area contributed by atoms with Crippen LogP contribution in [0.5, 0.6) is 0 Å². The minimum Gasteiger partial charge on any atom is -0.376 e. The van der Waals surface area contributed by atoms with Crippen LogP contribution in [0.3, 0.4) is 0 Å². The van der Waals surface area contributed by atoms with E-state index in [9.17, 15) is 4.79 Å². The second-order valence-electron chi connectivity index (χ2n) is 6.35. The Labute approximate surface area is 141 Å². The second kappa shape index (κ2) is 6.89. The first kappa shape index (κ1) is 16.3. The molecular weight excluding hydrogens is 314 g/mol. The van der Waals surface area contributed by atoms with Gasteiger partial charge in [-0.25, -0.2) is 4.98 Å². The minimum absolute atomic E-state index is 0.138. The Kier molecular flexibility index (Phi) is 4.87. The Morgan fingerprint density at radius 1 is 1.39 bits per heavy atom. The van der Waals surface area contributed by atoms with Crippen molar-refractivity contribution in [3.63, 3.8) is 0 Å². The number of ether oxygens (including phenoxy) is 1. The molecule has 0 atom stereocenters. The molecule has 23 heavy (non-hydrogen) atoms. The maximum absolute atomic E-state index is 12.5. The zero-order chi connectivity index (χ0) is 16.4. The van der Waals surface area contributed by atoms with E-state index in [0.717, 1.165) is 31.2 Å². The first-order valence-electron chi connectivity index (χ1n) is 8.12. The van der Waals surface area contributed by atoms with Crippen LogP contribution in [0.25, 0.3) is 5.52 Å². The molecule has 0 aromatic carbocycles. The number of aromatic nitrogens is 2. The van der Waals surface area contributed by atoms with Crippen LogP contribution in [-0.2, 0) is 4.74 Å². The first-order chi connectivity index (χ1) is 11.0. The fourth-order valence-corrected chi connectivity index (χ4v) is 3.29. The molecule has 0 unspecified atom stereocenters. The standard InChI is InChI=1S/C17H22ClN3O2/c1-11(2)23-15-5-3-13(4-6-15)20-17(22)16-19-10-14-9-12(18)7-8-21(14)16/h7-11,13,15H,3-6H2,1-2H3,(H,20,22). The van der Waals surface area contributed by atoms with Gasteiger partial charge in [-0.3, -0.25) is 9.20 Å². The first-order valence-corrected chi connectivity index (χ1v) is 8.49. The Hall–Kier alpha value is -1.59. The lowest BCUT2D eigenvalue weighted by Crippen LogP contribution is -2.40. The number of nitrogens with one attached hydrogen (secondary N) is 1. The van der Waals surface area contributed by atoms with E-state index in [1.54, 1.807) is 28.9 Å². The number of halogens is 1. The number of hydrogen-bond donors (Lipinski definition) is 1. The summed E-state index contributed by atoms with van der Waals surface area (Å²) in [5.74, 6) is 0.262. The molecule has 0 bridgehead atoms. The molecule has 1 saturated carbocycles. The van der Waals surface area contributed by atoms with Gasteiger partial charge in [0.1, 0.15) is 0 Å². The van der Waals surface area contributed by atoms with Crippen LogP contribution in [0, 0.1) is 0 Å². The number of imidazole rings is 1. The van der Waals surface area contributed by atoms with E-state index < -0.39 is 0 Å². The summed E-state index contributed by atoms with van der Waals surface area (Å²) in [6.45, 7) is 4.12.